The SMILES string of the molecule is CC(C)CC(NC(=O)[C@@H]1Cc2ccccc2CN1)C(=O)O. The third kappa shape index (κ3) is 4.04. The molecule has 1 heterocycles. The number of carboxylic acid groups (broad SMARTS) is 1. The molecule has 1 aromatic rings. The van der Waals surface area contributed by atoms with Crippen molar-refractivity contribution in [2.24, 2.45) is 5.92 Å². The molecule has 0 aliphatic carbocycles. The van der Waals surface area contributed by atoms with E-state index in [1.54, 1.807) is 0 Å². The maximum atomic E-state index is 12.3. The summed E-state index contributed by atoms with van der Waals surface area (Å²) < 4.78 is 0. The molecule has 0 aromatic heterocycles. The summed E-state index contributed by atoms with van der Waals surface area (Å²) in [5.41, 5.74) is 2.34. The van der Waals surface area contributed by atoms with Crippen molar-refractivity contribution in [2.45, 2.75) is 45.3 Å². The van der Waals surface area contributed by atoms with Crippen molar-refractivity contribution in [1.82, 2.24) is 10.6 Å². The monoisotopic (exact) mass is 290 g/mol. The second-order valence-corrected chi connectivity index (χ2v) is 5.94. The van der Waals surface area contributed by atoms with Crippen molar-refractivity contribution in [1.29, 1.82) is 0 Å². The largest absolute Gasteiger partial charge is 0.480 e. The van der Waals surface area contributed by atoms with E-state index in [1.165, 1.54) is 5.56 Å². The highest BCUT2D eigenvalue weighted by Gasteiger charge is 2.28. The predicted octanol–water partition coefficient (Wildman–Crippen LogP) is 1.32. The van der Waals surface area contributed by atoms with Gasteiger partial charge in [-0.1, -0.05) is 38.1 Å². The van der Waals surface area contributed by atoms with Gasteiger partial charge in [0.05, 0.1) is 6.04 Å². The van der Waals surface area contributed by atoms with Crippen LogP contribution in [0.4, 0.5) is 0 Å². The number of carbonyl (C=O) groups excluding carboxylic acids is 1. The van der Waals surface area contributed by atoms with E-state index in [4.69, 9.17) is 0 Å². The molecule has 3 N–H and O–H groups in total. The number of carbonyl (C=O) groups is 2. The van der Waals surface area contributed by atoms with Crippen LogP contribution in [-0.2, 0) is 22.6 Å². The highest BCUT2D eigenvalue weighted by molar-refractivity contribution is 5.87. The second-order valence-electron chi connectivity index (χ2n) is 5.94. The molecule has 1 aromatic carbocycles. The highest BCUT2D eigenvalue weighted by Crippen LogP contribution is 2.16. The summed E-state index contributed by atoms with van der Waals surface area (Å²) in [6, 6.07) is 6.79. The molecule has 0 radical (unpaired) electrons. The van der Waals surface area contributed by atoms with E-state index in [9.17, 15) is 14.7 Å². The average molecular weight is 290 g/mol. The lowest BCUT2D eigenvalue weighted by Gasteiger charge is -2.27. The molecule has 5 heteroatoms. The van der Waals surface area contributed by atoms with Gasteiger partial charge in [-0.05, 0) is 29.9 Å². The fraction of sp³-hybridized carbons (Fsp3) is 0.500. The van der Waals surface area contributed by atoms with E-state index in [2.05, 4.69) is 10.6 Å². The Kier molecular flexibility index (Phi) is 4.96. The Morgan fingerprint density at radius 1 is 1.33 bits per heavy atom. The lowest BCUT2D eigenvalue weighted by Crippen LogP contribution is -2.52. The minimum Gasteiger partial charge on any atom is -0.480 e. The van der Waals surface area contributed by atoms with Crippen molar-refractivity contribution >= 4 is 11.9 Å². The number of fused-ring (bicyclic) bond motifs is 1. The lowest BCUT2D eigenvalue weighted by molar-refractivity contribution is -0.142. The molecule has 5 nitrogen and oxygen atoms in total. The quantitative estimate of drug-likeness (QED) is 0.764. The molecule has 1 unspecified atom stereocenters. The zero-order chi connectivity index (χ0) is 15.4. The number of hydrogen-bond acceptors (Lipinski definition) is 3. The van der Waals surface area contributed by atoms with Gasteiger partial charge in [-0.25, -0.2) is 4.79 Å². The molecule has 0 saturated heterocycles. The van der Waals surface area contributed by atoms with Gasteiger partial charge in [-0.15, -0.1) is 0 Å². The number of amides is 1. The molecule has 2 atom stereocenters. The molecule has 0 saturated carbocycles. The molecule has 0 fully saturated rings. The van der Waals surface area contributed by atoms with Crippen molar-refractivity contribution < 1.29 is 14.7 Å². The van der Waals surface area contributed by atoms with E-state index in [0.29, 0.717) is 19.4 Å². The van der Waals surface area contributed by atoms with E-state index in [-0.39, 0.29) is 17.9 Å². The van der Waals surface area contributed by atoms with Gasteiger partial charge in [-0.2, -0.15) is 0 Å². The molecule has 0 spiro atoms. The average Bonchev–Trinajstić information content (AvgIpc) is 2.45. The van der Waals surface area contributed by atoms with E-state index in [0.717, 1.165) is 5.56 Å². The Labute approximate surface area is 124 Å². The lowest BCUT2D eigenvalue weighted by atomic mass is 9.95. The fourth-order valence-corrected chi connectivity index (χ4v) is 2.60. The van der Waals surface area contributed by atoms with Crippen molar-refractivity contribution in [3.05, 3.63) is 35.4 Å². The number of rotatable bonds is 5. The topological polar surface area (TPSA) is 78.4 Å². The van der Waals surface area contributed by atoms with Crippen LogP contribution in [0, 0.1) is 5.92 Å². The number of hydrogen-bond donors (Lipinski definition) is 3. The van der Waals surface area contributed by atoms with Gasteiger partial charge >= 0.3 is 5.97 Å². The third-order valence-electron chi connectivity index (χ3n) is 3.72. The Balaban J connectivity index is 1.99. The Bertz CT molecular complexity index is 528. The van der Waals surface area contributed by atoms with E-state index < -0.39 is 12.0 Å². The summed E-state index contributed by atoms with van der Waals surface area (Å²) in [7, 11) is 0. The number of benzene rings is 1. The molecular weight excluding hydrogens is 268 g/mol. The van der Waals surface area contributed by atoms with Gasteiger partial charge in [0.25, 0.3) is 0 Å². The van der Waals surface area contributed by atoms with Gasteiger partial charge in [-0.3, -0.25) is 4.79 Å². The summed E-state index contributed by atoms with van der Waals surface area (Å²) in [6.45, 7) is 4.52. The molecule has 0 bridgehead atoms. The fourth-order valence-electron chi connectivity index (χ4n) is 2.60. The molecule has 1 aliphatic rings. The second kappa shape index (κ2) is 6.72. The van der Waals surface area contributed by atoms with Crippen LogP contribution in [0.15, 0.2) is 24.3 Å². The Hall–Kier alpha value is -1.88. The summed E-state index contributed by atoms with van der Waals surface area (Å²) in [6.07, 6.45) is 1.03. The van der Waals surface area contributed by atoms with Crippen LogP contribution < -0.4 is 10.6 Å². The van der Waals surface area contributed by atoms with Crippen molar-refractivity contribution in [2.75, 3.05) is 0 Å². The van der Waals surface area contributed by atoms with Crippen LogP contribution in [0.5, 0.6) is 0 Å². The third-order valence-corrected chi connectivity index (χ3v) is 3.72. The summed E-state index contributed by atoms with van der Waals surface area (Å²) in [5, 5.41) is 15.0. The first-order valence-corrected chi connectivity index (χ1v) is 7.30. The molecule has 2 rings (SSSR count). The van der Waals surface area contributed by atoms with Crippen LogP contribution in [-0.4, -0.2) is 29.1 Å². The summed E-state index contributed by atoms with van der Waals surface area (Å²) in [4.78, 5) is 23.5. The predicted molar refractivity (Wildman–Crippen MR) is 79.8 cm³/mol. The minimum absolute atomic E-state index is 0.214. The first-order valence-electron chi connectivity index (χ1n) is 7.30. The Morgan fingerprint density at radius 3 is 2.62 bits per heavy atom. The van der Waals surface area contributed by atoms with E-state index in [1.807, 2.05) is 38.1 Å². The van der Waals surface area contributed by atoms with Gasteiger partial charge in [0, 0.05) is 6.54 Å². The summed E-state index contributed by atoms with van der Waals surface area (Å²) >= 11 is 0. The van der Waals surface area contributed by atoms with Crippen LogP contribution in [0.2, 0.25) is 0 Å². The van der Waals surface area contributed by atoms with Crippen molar-refractivity contribution in [3.63, 3.8) is 0 Å². The molecule has 1 aliphatic heterocycles. The zero-order valence-corrected chi connectivity index (χ0v) is 12.4. The number of carboxylic acids is 1. The molecule has 21 heavy (non-hydrogen) atoms. The van der Waals surface area contributed by atoms with Gasteiger partial charge in [0.1, 0.15) is 6.04 Å². The van der Waals surface area contributed by atoms with Gasteiger partial charge in [0.2, 0.25) is 5.91 Å². The maximum absolute atomic E-state index is 12.3. The van der Waals surface area contributed by atoms with Crippen LogP contribution in [0.1, 0.15) is 31.4 Å². The molecule has 1 amide bonds. The van der Waals surface area contributed by atoms with Crippen LogP contribution in [0.25, 0.3) is 0 Å². The maximum Gasteiger partial charge on any atom is 0.326 e. The Morgan fingerprint density at radius 2 is 2.00 bits per heavy atom. The zero-order valence-electron chi connectivity index (χ0n) is 12.4. The van der Waals surface area contributed by atoms with E-state index >= 15 is 0 Å². The normalized spacial score (nSPS) is 18.9. The summed E-state index contributed by atoms with van der Waals surface area (Å²) in [5.74, 6) is -1.00. The minimum atomic E-state index is -0.978. The van der Waals surface area contributed by atoms with Gasteiger partial charge < -0.3 is 15.7 Å². The van der Waals surface area contributed by atoms with Crippen molar-refractivity contribution in [3.8, 4) is 0 Å². The van der Waals surface area contributed by atoms with Gasteiger partial charge in [0.15, 0.2) is 0 Å². The first kappa shape index (κ1) is 15.5. The molecular formula is C16H22N2O3. The first-order chi connectivity index (χ1) is 9.97. The highest BCUT2D eigenvalue weighted by atomic mass is 16.4. The molecule has 114 valence electrons. The standard InChI is InChI=1S/C16H22N2O3/c1-10(2)7-14(16(20)21)18-15(19)13-8-11-5-3-4-6-12(11)9-17-13/h3-6,10,13-14,17H,7-9H2,1-2H3,(H,18,19)(H,20,21)/t13-,14?/m0/s1. The number of nitrogens with one attached hydrogen (secondary N) is 2. The van der Waals surface area contributed by atoms with Crippen LogP contribution in [0.3, 0.4) is 0 Å². The van der Waals surface area contributed by atoms with Crippen LogP contribution >= 0.6 is 0 Å². The smallest absolute Gasteiger partial charge is 0.326 e. The number of aliphatic carboxylic acids is 1.